The highest BCUT2D eigenvalue weighted by Gasteiger charge is 2.33. The van der Waals surface area contributed by atoms with Gasteiger partial charge in [0.05, 0.1) is 13.2 Å². The fraction of sp³-hybridized carbons (Fsp3) is 0.355. The van der Waals surface area contributed by atoms with Gasteiger partial charge in [-0.1, -0.05) is 74.5 Å². The van der Waals surface area contributed by atoms with E-state index in [0.717, 1.165) is 26.8 Å². The van der Waals surface area contributed by atoms with Gasteiger partial charge in [-0.2, -0.15) is 0 Å². The largest absolute Gasteiger partial charge is 0.480 e. The molecule has 10 nitrogen and oxygen atoms in total. The lowest BCUT2D eigenvalue weighted by atomic mass is 9.98. The summed E-state index contributed by atoms with van der Waals surface area (Å²) in [6.07, 6.45) is 0.0134. The van der Waals surface area contributed by atoms with Crippen LogP contribution < -0.4 is 10.6 Å². The Labute approximate surface area is 239 Å². The van der Waals surface area contributed by atoms with Crippen LogP contribution in [-0.4, -0.2) is 77.4 Å². The quantitative estimate of drug-likeness (QED) is 0.185. The third-order valence-electron chi connectivity index (χ3n) is 6.44. The first-order valence-electron chi connectivity index (χ1n) is 13.5. The monoisotopic (exact) mass is 563 g/mol. The number of urea groups is 1. The normalized spacial score (nSPS) is 12.4. The third kappa shape index (κ3) is 9.04. The molecule has 0 aliphatic heterocycles. The van der Waals surface area contributed by atoms with Crippen molar-refractivity contribution in [2.45, 2.75) is 39.3 Å². The van der Waals surface area contributed by atoms with E-state index >= 15 is 0 Å². The van der Waals surface area contributed by atoms with Gasteiger partial charge in [-0.05, 0) is 39.4 Å². The van der Waals surface area contributed by atoms with Crippen LogP contribution in [0.3, 0.4) is 0 Å². The summed E-state index contributed by atoms with van der Waals surface area (Å²) in [5, 5.41) is 27.0. The highest BCUT2D eigenvalue weighted by Crippen LogP contribution is 2.25. The van der Waals surface area contributed by atoms with Crippen LogP contribution in [0, 0.1) is 5.92 Å². The number of carboxylic acids is 1. The molecule has 218 valence electrons. The summed E-state index contributed by atoms with van der Waals surface area (Å²) in [6, 6.07) is 18.3. The predicted octanol–water partition coefficient (Wildman–Crippen LogP) is 3.21. The van der Waals surface area contributed by atoms with Gasteiger partial charge in [0.25, 0.3) is 0 Å². The minimum atomic E-state index is -1.34. The van der Waals surface area contributed by atoms with E-state index < -0.39 is 36.7 Å². The molecule has 10 heteroatoms. The van der Waals surface area contributed by atoms with Gasteiger partial charge in [-0.25, -0.2) is 14.4 Å². The smallest absolute Gasteiger partial charge is 0.331 e. The highest BCUT2D eigenvalue weighted by atomic mass is 16.5. The molecule has 2 atom stereocenters. The lowest BCUT2D eigenvalue weighted by Gasteiger charge is -2.31. The van der Waals surface area contributed by atoms with Crippen molar-refractivity contribution in [2.24, 2.45) is 5.92 Å². The van der Waals surface area contributed by atoms with Crippen molar-refractivity contribution >= 4 is 34.6 Å². The molecular weight excluding hydrogens is 526 g/mol. The second-order valence-electron chi connectivity index (χ2n) is 10.2. The number of hydrogen-bond acceptors (Lipinski definition) is 6. The lowest BCUT2D eigenvalue weighted by molar-refractivity contribution is -0.150. The molecule has 0 heterocycles. The zero-order valence-electron chi connectivity index (χ0n) is 23.5. The Kier molecular flexibility index (Phi) is 11.2. The third-order valence-corrected chi connectivity index (χ3v) is 6.44. The molecule has 0 fully saturated rings. The number of carbonyl (C=O) groups excluding carboxylic acids is 3. The molecule has 0 saturated carbocycles. The van der Waals surface area contributed by atoms with Crippen LogP contribution in [0.5, 0.6) is 0 Å². The lowest BCUT2D eigenvalue weighted by Crippen LogP contribution is -2.56. The number of aliphatic hydroxyl groups is 1. The Bertz CT molecular complexity index is 1360. The molecule has 41 heavy (non-hydrogen) atoms. The SMILES string of the molecule is CC(=O)NCCOC(=O)[C@H](CO)N(CC(C)C)C(=O)N[C@@H](Cc1ccc(-c2ccc3ccccc3c2)cc1)C(=O)O. The molecule has 0 unspecified atom stereocenters. The molecule has 0 radical (unpaired) electrons. The number of rotatable bonds is 13. The zero-order chi connectivity index (χ0) is 29.9. The molecule has 0 aliphatic carbocycles. The van der Waals surface area contributed by atoms with E-state index in [1.807, 2.05) is 68.4 Å². The van der Waals surface area contributed by atoms with Crippen molar-refractivity contribution in [1.29, 1.82) is 0 Å². The van der Waals surface area contributed by atoms with Crippen molar-refractivity contribution in [3.8, 4) is 11.1 Å². The number of benzene rings is 3. The average molecular weight is 564 g/mol. The van der Waals surface area contributed by atoms with Crippen molar-refractivity contribution in [1.82, 2.24) is 15.5 Å². The van der Waals surface area contributed by atoms with Gasteiger partial charge < -0.3 is 30.5 Å². The molecule has 0 aromatic heterocycles. The molecule has 3 aromatic carbocycles. The Balaban J connectivity index is 1.70. The maximum Gasteiger partial charge on any atom is 0.331 e. The molecule has 0 aliphatic rings. The molecule has 3 aromatic rings. The predicted molar refractivity (Wildman–Crippen MR) is 155 cm³/mol. The number of carbonyl (C=O) groups is 4. The first kappa shape index (κ1) is 31.1. The van der Waals surface area contributed by atoms with Gasteiger partial charge in [0.1, 0.15) is 12.6 Å². The van der Waals surface area contributed by atoms with Crippen LogP contribution in [0.2, 0.25) is 0 Å². The number of aliphatic carboxylic acids is 1. The van der Waals surface area contributed by atoms with E-state index in [1.165, 1.54) is 6.92 Å². The van der Waals surface area contributed by atoms with Crippen LogP contribution in [0.15, 0.2) is 66.7 Å². The summed E-state index contributed by atoms with van der Waals surface area (Å²) < 4.78 is 5.13. The van der Waals surface area contributed by atoms with Crippen LogP contribution in [0.1, 0.15) is 26.3 Å². The van der Waals surface area contributed by atoms with Gasteiger partial charge in [0.15, 0.2) is 6.04 Å². The van der Waals surface area contributed by atoms with Crippen LogP contribution in [0.25, 0.3) is 21.9 Å². The van der Waals surface area contributed by atoms with Gasteiger partial charge in [-0.3, -0.25) is 4.79 Å². The summed E-state index contributed by atoms with van der Waals surface area (Å²) in [7, 11) is 0. The van der Waals surface area contributed by atoms with E-state index in [1.54, 1.807) is 0 Å². The fourth-order valence-corrected chi connectivity index (χ4v) is 4.39. The second-order valence-corrected chi connectivity index (χ2v) is 10.2. The summed E-state index contributed by atoms with van der Waals surface area (Å²) >= 11 is 0. The van der Waals surface area contributed by atoms with Gasteiger partial charge in [-0.15, -0.1) is 0 Å². The minimum absolute atomic E-state index is 0.0134. The molecule has 4 N–H and O–H groups in total. The van der Waals surface area contributed by atoms with Crippen molar-refractivity contribution < 1.29 is 34.1 Å². The average Bonchev–Trinajstić information content (AvgIpc) is 2.94. The first-order valence-corrected chi connectivity index (χ1v) is 13.5. The van der Waals surface area contributed by atoms with Crippen molar-refractivity contribution in [3.63, 3.8) is 0 Å². The number of nitrogens with zero attached hydrogens (tertiary/aromatic N) is 1. The molecule has 0 spiro atoms. The minimum Gasteiger partial charge on any atom is -0.480 e. The summed E-state index contributed by atoms with van der Waals surface area (Å²) in [4.78, 5) is 50.1. The van der Waals surface area contributed by atoms with E-state index in [2.05, 4.69) is 22.8 Å². The number of carboxylic acid groups (broad SMARTS) is 1. The number of nitrogens with one attached hydrogen (secondary N) is 2. The fourth-order valence-electron chi connectivity index (χ4n) is 4.39. The van der Waals surface area contributed by atoms with Crippen LogP contribution in [-0.2, 0) is 25.5 Å². The number of amides is 3. The van der Waals surface area contributed by atoms with Gasteiger partial charge in [0, 0.05) is 19.9 Å². The van der Waals surface area contributed by atoms with Crippen molar-refractivity contribution in [2.75, 3.05) is 26.3 Å². The number of aliphatic hydroxyl groups excluding tert-OH is 1. The number of ether oxygens (including phenoxy) is 1. The van der Waals surface area contributed by atoms with E-state index in [9.17, 15) is 29.4 Å². The molecule has 3 rings (SSSR count). The first-order chi connectivity index (χ1) is 19.6. The summed E-state index contributed by atoms with van der Waals surface area (Å²) in [5.74, 6) is -2.47. The van der Waals surface area contributed by atoms with E-state index in [-0.39, 0.29) is 37.9 Å². The Morgan fingerprint density at radius 3 is 2.20 bits per heavy atom. The van der Waals surface area contributed by atoms with Gasteiger partial charge in [0.2, 0.25) is 5.91 Å². The Morgan fingerprint density at radius 2 is 1.59 bits per heavy atom. The van der Waals surface area contributed by atoms with E-state index in [4.69, 9.17) is 4.74 Å². The number of hydrogen-bond donors (Lipinski definition) is 4. The van der Waals surface area contributed by atoms with Crippen LogP contribution >= 0.6 is 0 Å². The zero-order valence-corrected chi connectivity index (χ0v) is 23.5. The standard InChI is InChI=1S/C31H37N3O7/c1-20(2)18-34(28(19-35)30(39)41-15-14-32-21(3)36)31(40)33-27(29(37)38)16-22-8-10-24(11-9-22)26-13-12-23-6-4-5-7-25(23)17-26/h4-13,17,20,27-28,35H,14-16,18-19H2,1-3H3,(H,32,36)(H,33,40)(H,37,38)/t27-,28-/m0/s1. The summed E-state index contributed by atoms with van der Waals surface area (Å²) in [5.41, 5.74) is 2.71. The van der Waals surface area contributed by atoms with Crippen molar-refractivity contribution in [3.05, 3.63) is 72.3 Å². The molecule has 3 amide bonds. The maximum absolute atomic E-state index is 13.2. The van der Waals surface area contributed by atoms with E-state index in [0.29, 0.717) is 5.56 Å². The molecular formula is C31H37N3O7. The number of esters is 1. The Hall–Kier alpha value is -4.44. The maximum atomic E-state index is 13.2. The molecule has 0 bridgehead atoms. The second kappa shape index (κ2) is 14.8. The Morgan fingerprint density at radius 1 is 0.927 bits per heavy atom. The topological polar surface area (TPSA) is 145 Å². The summed E-state index contributed by atoms with van der Waals surface area (Å²) in [6.45, 7) is 4.27. The highest BCUT2D eigenvalue weighted by molar-refractivity contribution is 5.88. The van der Waals surface area contributed by atoms with Gasteiger partial charge >= 0.3 is 18.0 Å². The number of fused-ring (bicyclic) bond motifs is 1. The molecule has 0 saturated heterocycles. The van der Waals surface area contributed by atoms with Crippen LogP contribution in [0.4, 0.5) is 4.79 Å².